The van der Waals surface area contributed by atoms with Crippen molar-refractivity contribution in [3.8, 4) is 0 Å². The molecule has 0 bridgehead atoms. The Kier molecular flexibility index (Phi) is 5.00. The topological polar surface area (TPSA) is 9.23 Å². The number of hydrogen-bond acceptors (Lipinski definition) is 1. The molecule has 0 amide bonds. The van der Waals surface area contributed by atoms with Crippen LogP contribution in [0.2, 0.25) is 0 Å². The van der Waals surface area contributed by atoms with Crippen LogP contribution in [0.5, 0.6) is 0 Å². The highest BCUT2D eigenvalue weighted by molar-refractivity contribution is 5.08. The van der Waals surface area contributed by atoms with Gasteiger partial charge in [0.05, 0.1) is 12.7 Å². The van der Waals surface area contributed by atoms with Crippen LogP contribution in [0, 0.1) is 11.3 Å². The predicted octanol–water partition coefficient (Wildman–Crippen LogP) is 4.74. The molecule has 0 radical (unpaired) electrons. The zero-order chi connectivity index (χ0) is 13.1. The maximum Gasteiger partial charge on any atom is 0.0612 e. The van der Waals surface area contributed by atoms with Crippen molar-refractivity contribution in [2.45, 2.75) is 60.0 Å². The van der Waals surface area contributed by atoms with Crippen LogP contribution < -0.4 is 0 Å². The fourth-order valence-corrected chi connectivity index (χ4v) is 2.50. The Morgan fingerprint density at radius 2 is 2.06 bits per heavy atom. The van der Waals surface area contributed by atoms with E-state index in [9.17, 15) is 0 Å². The van der Waals surface area contributed by atoms with Crippen LogP contribution in [0.25, 0.3) is 0 Å². The van der Waals surface area contributed by atoms with Gasteiger partial charge in [-0.3, -0.25) is 0 Å². The summed E-state index contributed by atoms with van der Waals surface area (Å²) in [5.74, 6) is 0.532. The minimum Gasteiger partial charge on any atom is -0.377 e. The molecule has 0 N–H and O–H groups in total. The Morgan fingerprint density at radius 3 is 2.65 bits per heavy atom. The monoisotopic (exact) mass is 236 g/mol. The molecule has 0 spiro atoms. The highest BCUT2D eigenvalue weighted by Gasteiger charge is 2.34. The molecule has 1 rings (SSSR count). The Bertz CT molecular complexity index is 295. The number of ether oxygens (including phenoxy) is 1. The standard InChI is InChI=1S/C16H28O/c1-12(2)8-7-9-13(3)15-10-16(5,6)11-17-14(15)4/h8,14-15H,3,7,9-11H2,1-2,4-6H3/t14-,15+/m1/s1. The zero-order valence-corrected chi connectivity index (χ0v) is 12.2. The molecule has 1 aliphatic heterocycles. The van der Waals surface area contributed by atoms with Gasteiger partial charge in [-0.05, 0) is 45.4 Å². The molecule has 0 saturated carbocycles. The van der Waals surface area contributed by atoms with Crippen LogP contribution in [0.4, 0.5) is 0 Å². The average molecular weight is 236 g/mol. The van der Waals surface area contributed by atoms with E-state index in [1.165, 1.54) is 17.6 Å². The second-order valence-corrected chi connectivity index (χ2v) is 6.47. The van der Waals surface area contributed by atoms with Crippen molar-refractivity contribution in [1.82, 2.24) is 0 Å². The van der Waals surface area contributed by atoms with Gasteiger partial charge < -0.3 is 4.74 Å². The van der Waals surface area contributed by atoms with Gasteiger partial charge in [0, 0.05) is 5.92 Å². The van der Waals surface area contributed by atoms with Gasteiger partial charge in [0.2, 0.25) is 0 Å². The second kappa shape index (κ2) is 5.86. The van der Waals surface area contributed by atoms with Crippen LogP contribution in [0.3, 0.4) is 0 Å². The predicted molar refractivity (Wildman–Crippen MR) is 75.1 cm³/mol. The molecule has 1 fully saturated rings. The Morgan fingerprint density at radius 1 is 1.41 bits per heavy atom. The van der Waals surface area contributed by atoms with Crippen LogP contribution in [0.15, 0.2) is 23.8 Å². The summed E-state index contributed by atoms with van der Waals surface area (Å²) in [6, 6.07) is 0. The van der Waals surface area contributed by atoms with E-state index in [1.807, 2.05) is 0 Å². The second-order valence-electron chi connectivity index (χ2n) is 6.47. The van der Waals surface area contributed by atoms with Crippen LogP contribution >= 0.6 is 0 Å². The van der Waals surface area contributed by atoms with Gasteiger partial charge in [-0.1, -0.05) is 37.6 Å². The van der Waals surface area contributed by atoms with Crippen molar-refractivity contribution in [3.05, 3.63) is 23.8 Å². The molecule has 0 aromatic heterocycles. The van der Waals surface area contributed by atoms with E-state index >= 15 is 0 Å². The maximum absolute atomic E-state index is 5.88. The molecular weight excluding hydrogens is 208 g/mol. The summed E-state index contributed by atoms with van der Waals surface area (Å²) >= 11 is 0. The summed E-state index contributed by atoms with van der Waals surface area (Å²) in [5.41, 5.74) is 3.06. The summed E-state index contributed by atoms with van der Waals surface area (Å²) in [6.45, 7) is 16.2. The van der Waals surface area contributed by atoms with Gasteiger partial charge in [0.1, 0.15) is 0 Å². The van der Waals surface area contributed by atoms with Crippen LogP contribution in [-0.4, -0.2) is 12.7 Å². The summed E-state index contributed by atoms with van der Waals surface area (Å²) < 4.78 is 5.88. The summed E-state index contributed by atoms with van der Waals surface area (Å²) in [6.07, 6.45) is 6.05. The molecule has 0 unspecified atom stereocenters. The van der Waals surface area contributed by atoms with E-state index in [4.69, 9.17) is 4.74 Å². The van der Waals surface area contributed by atoms with Crippen molar-refractivity contribution in [3.63, 3.8) is 0 Å². The lowest BCUT2D eigenvalue weighted by atomic mass is 9.75. The average Bonchev–Trinajstić information content (AvgIpc) is 2.21. The van der Waals surface area contributed by atoms with E-state index in [-0.39, 0.29) is 0 Å². The summed E-state index contributed by atoms with van der Waals surface area (Å²) in [7, 11) is 0. The van der Waals surface area contributed by atoms with Crippen molar-refractivity contribution >= 4 is 0 Å². The van der Waals surface area contributed by atoms with Gasteiger partial charge in [0.25, 0.3) is 0 Å². The Hall–Kier alpha value is -0.560. The molecule has 1 heteroatoms. The smallest absolute Gasteiger partial charge is 0.0612 e. The van der Waals surface area contributed by atoms with Crippen molar-refractivity contribution < 1.29 is 4.74 Å². The van der Waals surface area contributed by atoms with E-state index in [0.29, 0.717) is 17.4 Å². The lowest BCUT2D eigenvalue weighted by molar-refractivity contribution is -0.0672. The molecule has 17 heavy (non-hydrogen) atoms. The Balaban J connectivity index is 2.52. The van der Waals surface area contributed by atoms with Crippen LogP contribution in [-0.2, 0) is 4.74 Å². The SMILES string of the molecule is C=C(CCC=C(C)C)[C@@H]1CC(C)(C)CO[C@@H]1C. The van der Waals surface area contributed by atoms with Gasteiger partial charge in [0.15, 0.2) is 0 Å². The maximum atomic E-state index is 5.88. The first-order valence-corrected chi connectivity index (χ1v) is 6.74. The minimum atomic E-state index is 0.302. The quantitative estimate of drug-likeness (QED) is 0.641. The normalized spacial score (nSPS) is 27.6. The van der Waals surface area contributed by atoms with Crippen molar-refractivity contribution in [2.75, 3.05) is 6.61 Å². The van der Waals surface area contributed by atoms with Crippen molar-refractivity contribution in [1.29, 1.82) is 0 Å². The molecule has 1 nitrogen and oxygen atoms in total. The lowest BCUT2D eigenvalue weighted by Gasteiger charge is -2.40. The lowest BCUT2D eigenvalue weighted by Crippen LogP contribution is -2.38. The van der Waals surface area contributed by atoms with Gasteiger partial charge in [-0.25, -0.2) is 0 Å². The van der Waals surface area contributed by atoms with Crippen LogP contribution in [0.1, 0.15) is 53.9 Å². The van der Waals surface area contributed by atoms with Gasteiger partial charge in [-0.15, -0.1) is 0 Å². The fourth-order valence-electron chi connectivity index (χ4n) is 2.50. The first-order chi connectivity index (χ1) is 7.82. The van der Waals surface area contributed by atoms with Gasteiger partial charge in [-0.2, -0.15) is 0 Å². The fraction of sp³-hybridized carbons (Fsp3) is 0.750. The molecule has 1 saturated heterocycles. The molecule has 1 aliphatic rings. The van der Waals surface area contributed by atoms with Crippen molar-refractivity contribution in [2.24, 2.45) is 11.3 Å². The van der Waals surface area contributed by atoms with E-state index < -0.39 is 0 Å². The highest BCUT2D eigenvalue weighted by atomic mass is 16.5. The molecule has 0 aromatic rings. The third-order valence-corrected chi connectivity index (χ3v) is 3.62. The highest BCUT2D eigenvalue weighted by Crippen LogP contribution is 2.38. The van der Waals surface area contributed by atoms with E-state index in [1.54, 1.807) is 0 Å². The number of hydrogen-bond donors (Lipinski definition) is 0. The molecule has 0 aliphatic carbocycles. The molecule has 2 atom stereocenters. The Labute approximate surface area is 107 Å². The van der Waals surface area contributed by atoms with E-state index in [2.05, 4.69) is 47.3 Å². The summed E-state index contributed by atoms with van der Waals surface area (Å²) in [4.78, 5) is 0. The largest absolute Gasteiger partial charge is 0.377 e. The number of rotatable bonds is 4. The summed E-state index contributed by atoms with van der Waals surface area (Å²) in [5, 5.41) is 0. The number of allylic oxidation sites excluding steroid dienone is 2. The molecular formula is C16H28O. The third-order valence-electron chi connectivity index (χ3n) is 3.62. The zero-order valence-electron chi connectivity index (χ0n) is 12.2. The first-order valence-electron chi connectivity index (χ1n) is 6.74. The first kappa shape index (κ1) is 14.5. The molecule has 0 aromatic carbocycles. The third kappa shape index (κ3) is 4.67. The minimum absolute atomic E-state index is 0.302. The van der Waals surface area contributed by atoms with Gasteiger partial charge >= 0.3 is 0 Å². The van der Waals surface area contributed by atoms with E-state index in [0.717, 1.165) is 19.4 Å². The molecule has 1 heterocycles. The molecule has 98 valence electrons.